The molecule has 1 fully saturated rings. The van der Waals surface area contributed by atoms with Gasteiger partial charge in [0.25, 0.3) is 0 Å². The Morgan fingerprint density at radius 3 is 3.00 bits per heavy atom. The van der Waals surface area contributed by atoms with Crippen molar-refractivity contribution in [3.05, 3.63) is 48.3 Å². The summed E-state index contributed by atoms with van der Waals surface area (Å²) in [4.78, 5) is 17.8. The maximum atomic E-state index is 11.2. The SMILES string of the molecule is O=C(O)c1cccc(-c2cnn3c(N4CCC[C@H]4CO)ccnc23)c1. The Bertz CT molecular complexity index is 937. The van der Waals surface area contributed by atoms with Gasteiger partial charge in [-0.3, -0.25) is 0 Å². The van der Waals surface area contributed by atoms with Crippen molar-refractivity contribution in [2.24, 2.45) is 0 Å². The highest BCUT2D eigenvalue weighted by Crippen LogP contribution is 2.29. The molecule has 1 saturated heterocycles. The van der Waals surface area contributed by atoms with Gasteiger partial charge in [-0.15, -0.1) is 0 Å². The molecule has 3 heterocycles. The number of hydrogen-bond acceptors (Lipinski definition) is 5. The Morgan fingerprint density at radius 1 is 1.32 bits per heavy atom. The quantitative estimate of drug-likeness (QED) is 0.757. The summed E-state index contributed by atoms with van der Waals surface area (Å²) in [5, 5.41) is 23.3. The standard InChI is InChI=1S/C18H18N4O3/c23-11-14-5-2-8-21(14)16-6-7-19-17-15(10-20-22(16)17)12-3-1-4-13(9-12)18(24)25/h1,3-4,6-7,9-10,14,23H,2,5,8,11H2,(H,24,25)/t14-/m0/s1. The molecule has 4 rings (SSSR count). The summed E-state index contributed by atoms with van der Waals surface area (Å²) >= 11 is 0. The van der Waals surface area contributed by atoms with Gasteiger partial charge < -0.3 is 15.1 Å². The van der Waals surface area contributed by atoms with Crippen LogP contribution in [0.4, 0.5) is 5.82 Å². The van der Waals surface area contributed by atoms with Crippen LogP contribution in [0.15, 0.2) is 42.7 Å². The Morgan fingerprint density at radius 2 is 2.20 bits per heavy atom. The number of carboxylic acids is 1. The number of aliphatic hydroxyl groups excluding tert-OH is 1. The van der Waals surface area contributed by atoms with E-state index in [0.717, 1.165) is 36.3 Å². The smallest absolute Gasteiger partial charge is 0.335 e. The van der Waals surface area contributed by atoms with Crippen molar-refractivity contribution in [2.45, 2.75) is 18.9 Å². The van der Waals surface area contributed by atoms with Gasteiger partial charge in [0.15, 0.2) is 5.65 Å². The van der Waals surface area contributed by atoms with E-state index in [0.29, 0.717) is 5.65 Å². The summed E-state index contributed by atoms with van der Waals surface area (Å²) in [7, 11) is 0. The second kappa shape index (κ2) is 6.18. The molecule has 0 bridgehead atoms. The lowest BCUT2D eigenvalue weighted by Gasteiger charge is -2.25. The van der Waals surface area contributed by atoms with Gasteiger partial charge in [-0.1, -0.05) is 12.1 Å². The fourth-order valence-electron chi connectivity index (χ4n) is 3.45. The molecular weight excluding hydrogens is 320 g/mol. The molecule has 0 spiro atoms. The van der Waals surface area contributed by atoms with Crippen LogP contribution < -0.4 is 4.90 Å². The van der Waals surface area contributed by atoms with Crippen LogP contribution in [0.2, 0.25) is 0 Å². The molecule has 0 amide bonds. The summed E-state index contributed by atoms with van der Waals surface area (Å²) in [6, 6.07) is 8.74. The number of rotatable bonds is 4. The second-order valence-electron chi connectivity index (χ2n) is 6.15. The lowest BCUT2D eigenvalue weighted by molar-refractivity contribution is 0.0697. The molecule has 1 aliphatic rings. The van der Waals surface area contributed by atoms with Crippen LogP contribution in [0, 0.1) is 0 Å². The third kappa shape index (κ3) is 2.62. The van der Waals surface area contributed by atoms with Crippen molar-refractivity contribution in [1.82, 2.24) is 14.6 Å². The van der Waals surface area contributed by atoms with Crippen LogP contribution in [0.5, 0.6) is 0 Å². The molecule has 128 valence electrons. The number of nitrogens with zero attached hydrogens (tertiary/aromatic N) is 4. The number of fused-ring (bicyclic) bond motifs is 1. The van der Waals surface area contributed by atoms with E-state index in [-0.39, 0.29) is 18.2 Å². The predicted molar refractivity (Wildman–Crippen MR) is 92.8 cm³/mol. The zero-order valence-corrected chi connectivity index (χ0v) is 13.5. The van der Waals surface area contributed by atoms with Gasteiger partial charge >= 0.3 is 5.97 Å². The minimum absolute atomic E-state index is 0.0913. The Labute approximate surface area is 144 Å². The van der Waals surface area contributed by atoms with E-state index >= 15 is 0 Å². The van der Waals surface area contributed by atoms with Crippen molar-refractivity contribution in [2.75, 3.05) is 18.1 Å². The van der Waals surface area contributed by atoms with Crippen LogP contribution in [0.1, 0.15) is 23.2 Å². The molecule has 7 heteroatoms. The lowest BCUT2D eigenvalue weighted by atomic mass is 10.1. The average molecular weight is 338 g/mol. The van der Waals surface area contributed by atoms with Crippen molar-refractivity contribution >= 4 is 17.4 Å². The van der Waals surface area contributed by atoms with Gasteiger partial charge in [-0.05, 0) is 36.6 Å². The molecule has 2 N–H and O–H groups in total. The largest absolute Gasteiger partial charge is 0.478 e. The van der Waals surface area contributed by atoms with Gasteiger partial charge in [0.2, 0.25) is 0 Å². The first-order chi connectivity index (χ1) is 12.2. The molecule has 1 atom stereocenters. The third-order valence-corrected chi connectivity index (χ3v) is 4.68. The fourth-order valence-corrected chi connectivity index (χ4v) is 3.45. The van der Waals surface area contributed by atoms with Gasteiger partial charge in [-0.25, -0.2) is 9.78 Å². The first kappa shape index (κ1) is 15.6. The van der Waals surface area contributed by atoms with E-state index in [9.17, 15) is 15.0 Å². The normalized spacial score (nSPS) is 17.3. The molecule has 2 aromatic heterocycles. The van der Waals surface area contributed by atoms with Gasteiger partial charge in [0.05, 0.1) is 24.4 Å². The number of carboxylic acid groups (broad SMARTS) is 1. The number of aromatic carboxylic acids is 1. The van der Waals surface area contributed by atoms with E-state index < -0.39 is 5.97 Å². The summed E-state index contributed by atoms with van der Waals surface area (Å²) in [5.41, 5.74) is 2.45. The summed E-state index contributed by atoms with van der Waals surface area (Å²) in [5.74, 6) is -0.0722. The minimum atomic E-state index is -0.963. The predicted octanol–water partition coefficient (Wildman–Crippen LogP) is 2.06. The zero-order chi connectivity index (χ0) is 17.4. The minimum Gasteiger partial charge on any atom is -0.478 e. The van der Waals surface area contributed by atoms with Gasteiger partial charge in [0, 0.05) is 18.3 Å². The maximum Gasteiger partial charge on any atom is 0.335 e. The summed E-state index contributed by atoms with van der Waals surface area (Å²) in [6.07, 6.45) is 5.42. The number of hydrogen-bond donors (Lipinski definition) is 2. The summed E-state index contributed by atoms with van der Waals surface area (Å²) in [6.45, 7) is 0.979. The highest BCUT2D eigenvalue weighted by Gasteiger charge is 2.26. The second-order valence-corrected chi connectivity index (χ2v) is 6.15. The third-order valence-electron chi connectivity index (χ3n) is 4.68. The van der Waals surface area contributed by atoms with Crippen LogP contribution in [-0.4, -0.2) is 50.0 Å². The number of anilines is 1. The number of aliphatic hydroxyl groups is 1. The lowest BCUT2D eigenvalue weighted by Crippen LogP contribution is -2.33. The van der Waals surface area contributed by atoms with E-state index in [4.69, 9.17) is 0 Å². The molecule has 0 saturated carbocycles. The first-order valence-electron chi connectivity index (χ1n) is 8.23. The molecule has 1 aliphatic heterocycles. The molecule has 0 radical (unpaired) electrons. The van der Waals surface area contributed by atoms with Crippen LogP contribution in [-0.2, 0) is 0 Å². The van der Waals surface area contributed by atoms with Crippen LogP contribution in [0.3, 0.4) is 0 Å². The average Bonchev–Trinajstić information content (AvgIpc) is 3.28. The maximum absolute atomic E-state index is 11.2. The van der Waals surface area contributed by atoms with Gasteiger partial charge in [-0.2, -0.15) is 9.61 Å². The van der Waals surface area contributed by atoms with E-state index in [1.54, 1.807) is 35.1 Å². The molecule has 0 unspecified atom stereocenters. The van der Waals surface area contributed by atoms with E-state index in [1.807, 2.05) is 12.1 Å². The number of aromatic nitrogens is 3. The number of benzene rings is 1. The zero-order valence-electron chi connectivity index (χ0n) is 13.5. The van der Waals surface area contributed by atoms with E-state index in [2.05, 4.69) is 15.0 Å². The summed E-state index contributed by atoms with van der Waals surface area (Å²) < 4.78 is 1.76. The van der Waals surface area contributed by atoms with E-state index in [1.165, 1.54) is 0 Å². The van der Waals surface area contributed by atoms with Crippen molar-refractivity contribution in [1.29, 1.82) is 0 Å². The highest BCUT2D eigenvalue weighted by atomic mass is 16.4. The van der Waals surface area contributed by atoms with Crippen molar-refractivity contribution in [3.63, 3.8) is 0 Å². The number of carbonyl (C=O) groups is 1. The Balaban J connectivity index is 1.82. The topological polar surface area (TPSA) is 91.0 Å². The fraction of sp³-hybridized carbons (Fsp3) is 0.278. The Kier molecular flexibility index (Phi) is 3.85. The van der Waals surface area contributed by atoms with Crippen LogP contribution in [0.25, 0.3) is 16.8 Å². The molecule has 1 aromatic carbocycles. The van der Waals surface area contributed by atoms with Crippen molar-refractivity contribution < 1.29 is 15.0 Å². The van der Waals surface area contributed by atoms with Gasteiger partial charge in [0.1, 0.15) is 5.82 Å². The highest BCUT2D eigenvalue weighted by molar-refractivity contribution is 5.90. The first-order valence-corrected chi connectivity index (χ1v) is 8.23. The molecule has 0 aliphatic carbocycles. The van der Waals surface area contributed by atoms with Crippen molar-refractivity contribution in [3.8, 4) is 11.1 Å². The molecule has 3 aromatic rings. The molecule has 7 nitrogen and oxygen atoms in total. The monoisotopic (exact) mass is 338 g/mol. The molecular formula is C18H18N4O3. The molecule has 25 heavy (non-hydrogen) atoms. The Hall–Kier alpha value is -2.93. The van der Waals surface area contributed by atoms with Crippen LogP contribution >= 0.6 is 0 Å².